The van der Waals surface area contributed by atoms with Crippen molar-refractivity contribution in [2.45, 2.75) is 76.8 Å². The minimum absolute atomic E-state index is 0.0690. The van der Waals surface area contributed by atoms with Gasteiger partial charge in [-0.05, 0) is 27.7 Å². The number of nitrogens with zero attached hydrogens (tertiary/aromatic N) is 2. The lowest BCUT2D eigenvalue weighted by atomic mass is 9.88. The Kier molecular flexibility index (Phi) is 3.38. The Bertz CT molecular complexity index is 646. The van der Waals surface area contributed by atoms with Gasteiger partial charge in [-0.3, -0.25) is 4.79 Å². The molecule has 2 spiro atoms. The van der Waals surface area contributed by atoms with Gasteiger partial charge in [0.15, 0.2) is 17.7 Å². The normalized spacial score (nSPS) is 44.1. The summed E-state index contributed by atoms with van der Waals surface area (Å²) in [6.45, 7) is 10.5. The largest absolute Gasteiger partial charge is 0.443 e. The molecular weight excluding hydrogens is 332 g/mol. The third-order valence-corrected chi connectivity index (χ3v) is 4.77. The quantitative estimate of drug-likeness (QED) is 0.638. The van der Waals surface area contributed by atoms with Gasteiger partial charge in [0.2, 0.25) is 11.8 Å². The summed E-state index contributed by atoms with van der Waals surface area (Å²) in [7, 11) is 0. The molecular formula is C16H24N2O7. The third-order valence-electron chi connectivity index (χ3n) is 4.77. The lowest BCUT2D eigenvalue weighted by Crippen LogP contribution is -2.76. The molecule has 3 fully saturated rings. The molecule has 0 saturated carbocycles. The zero-order valence-corrected chi connectivity index (χ0v) is 15.3. The molecule has 0 N–H and O–H groups in total. The smallest absolute Gasteiger partial charge is 0.291 e. The van der Waals surface area contributed by atoms with Crippen molar-refractivity contribution in [3.63, 3.8) is 0 Å². The lowest BCUT2D eigenvalue weighted by Gasteiger charge is -2.52. The highest BCUT2D eigenvalue weighted by molar-refractivity contribution is 5.82. The standard InChI is InChI=1S/C16H24N2O7/c1-9-17-18(10(2)19)16(22-9)12-11(23-14(5,6)24-12)7-20-15(16)8-21-13(3,4)25-15/h11-12H,7-8H2,1-6H3/t11-,12-,15+,16-/m1/s1. The highest BCUT2D eigenvalue weighted by Crippen LogP contribution is 2.54. The molecule has 140 valence electrons. The van der Waals surface area contributed by atoms with E-state index in [1.807, 2.05) is 13.8 Å². The van der Waals surface area contributed by atoms with Gasteiger partial charge >= 0.3 is 0 Å². The molecule has 0 radical (unpaired) electrons. The first-order valence-electron chi connectivity index (χ1n) is 8.39. The number of hydrazone groups is 1. The first kappa shape index (κ1) is 17.2. The first-order valence-corrected chi connectivity index (χ1v) is 8.39. The van der Waals surface area contributed by atoms with Crippen LogP contribution in [0.4, 0.5) is 0 Å². The summed E-state index contributed by atoms with van der Waals surface area (Å²) >= 11 is 0. The fourth-order valence-electron chi connectivity index (χ4n) is 4.02. The van der Waals surface area contributed by atoms with E-state index < -0.39 is 35.3 Å². The monoisotopic (exact) mass is 356 g/mol. The second-order valence-electron chi connectivity index (χ2n) is 7.70. The molecule has 4 atom stereocenters. The van der Waals surface area contributed by atoms with E-state index in [1.54, 1.807) is 20.8 Å². The molecule has 4 rings (SSSR count). The van der Waals surface area contributed by atoms with Gasteiger partial charge in [-0.25, -0.2) is 0 Å². The van der Waals surface area contributed by atoms with Gasteiger partial charge < -0.3 is 28.4 Å². The van der Waals surface area contributed by atoms with Crippen molar-refractivity contribution in [1.29, 1.82) is 0 Å². The van der Waals surface area contributed by atoms with Crippen LogP contribution in [0.2, 0.25) is 0 Å². The number of carbonyl (C=O) groups is 1. The molecule has 0 bridgehead atoms. The molecule has 4 aliphatic heterocycles. The summed E-state index contributed by atoms with van der Waals surface area (Å²) in [5.41, 5.74) is -1.46. The summed E-state index contributed by atoms with van der Waals surface area (Å²) in [4.78, 5) is 12.4. The van der Waals surface area contributed by atoms with Gasteiger partial charge in [0.05, 0.1) is 6.61 Å². The van der Waals surface area contributed by atoms with E-state index in [9.17, 15) is 4.79 Å². The zero-order chi connectivity index (χ0) is 18.3. The zero-order valence-electron chi connectivity index (χ0n) is 15.3. The summed E-state index contributed by atoms with van der Waals surface area (Å²) in [6.07, 6.45) is -1.09. The fourth-order valence-corrected chi connectivity index (χ4v) is 4.02. The maximum atomic E-state index is 12.4. The van der Waals surface area contributed by atoms with Gasteiger partial charge in [-0.1, -0.05) is 0 Å². The minimum Gasteiger partial charge on any atom is -0.443 e. The molecule has 9 nitrogen and oxygen atoms in total. The molecule has 0 aromatic rings. The lowest BCUT2D eigenvalue weighted by molar-refractivity contribution is -0.386. The molecule has 25 heavy (non-hydrogen) atoms. The first-order chi connectivity index (χ1) is 11.5. The predicted molar refractivity (Wildman–Crippen MR) is 83.1 cm³/mol. The second kappa shape index (κ2) is 4.92. The maximum Gasteiger partial charge on any atom is 0.291 e. The number of carbonyl (C=O) groups excluding carboxylic acids is 1. The van der Waals surface area contributed by atoms with Gasteiger partial charge in [0, 0.05) is 13.8 Å². The van der Waals surface area contributed by atoms with Crippen molar-refractivity contribution in [2.75, 3.05) is 13.2 Å². The van der Waals surface area contributed by atoms with E-state index in [4.69, 9.17) is 28.4 Å². The van der Waals surface area contributed by atoms with E-state index in [0.717, 1.165) is 0 Å². The Balaban J connectivity index is 1.85. The molecule has 0 aromatic carbocycles. The van der Waals surface area contributed by atoms with Crippen molar-refractivity contribution in [1.82, 2.24) is 5.01 Å². The second-order valence-corrected chi connectivity index (χ2v) is 7.70. The highest BCUT2D eigenvalue weighted by Gasteiger charge is 2.78. The number of fused-ring (bicyclic) bond motifs is 3. The van der Waals surface area contributed by atoms with Crippen LogP contribution in [0.5, 0.6) is 0 Å². The summed E-state index contributed by atoms with van der Waals surface area (Å²) in [5.74, 6) is -3.14. The Morgan fingerprint density at radius 1 is 1.16 bits per heavy atom. The van der Waals surface area contributed by atoms with Crippen molar-refractivity contribution in [3.05, 3.63) is 0 Å². The molecule has 0 aliphatic carbocycles. The molecule has 1 amide bonds. The molecule has 0 aromatic heterocycles. The Morgan fingerprint density at radius 2 is 1.88 bits per heavy atom. The molecule has 4 heterocycles. The molecule has 3 saturated heterocycles. The van der Waals surface area contributed by atoms with Crippen LogP contribution >= 0.6 is 0 Å². The number of amides is 1. The summed E-state index contributed by atoms with van der Waals surface area (Å²) < 4.78 is 36.2. The van der Waals surface area contributed by atoms with E-state index in [-0.39, 0.29) is 19.1 Å². The summed E-state index contributed by atoms with van der Waals surface area (Å²) in [6, 6.07) is 0. The Morgan fingerprint density at radius 3 is 2.48 bits per heavy atom. The van der Waals surface area contributed by atoms with Crippen LogP contribution in [-0.2, 0) is 33.2 Å². The van der Waals surface area contributed by atoms with E-state index in [2.05, 4.69) is 5.10 Å². The highest BCUT2D eigenvalue weighted by atomic mass is 16.9. The van der Waals surface area contributed by atoms with Crippen molar-refractivity contribution >= 4 is 11.8 Å². The van der Waals surface area contributed by atoms with Crippen LogP contribution in [-0.4, -0.2) is 65.3 Å². The molecule has 0 unspecified atom stereocenters. The third kappa shape index (κ3) is 2.26. The fraction of sp³-hybridized carbons (Fsp3) is 0.875. The predicted octanol–water partition coefficient (Wildman–Crippen LogP) is 0.924. The van der Waals surface area contributed by atoms with Crippen LogP contribution in [0.1, 0.15) is 41.5 Å². The minimum atomic E-state index is -1.46. The number of hydrogen-bond donors (Lipinski definition) is 0. The van der Waals surface area contributed by atoms with Crippen molar-refractivity contribution < 1.29 is 33.2 Å². The van der Waals surface area contributed by atoms with E-state index in [0.29, 0.717) is 5.90 Å². The summed E-state index contributed by atoms with van der Waals surface area (Å²) in [5, 5.41) is 5.51. The number of ether oxygens (including phenoxy) is 6. The van der Waals surface area contributed by atoms with Gasteiger partial charge in [0.1, 0.15) is 12.7 Å². The van der Waals surface area contributed by atoms with E-state index >= 15 is 0 Å². The van der Waals surface area contributed by atoms with Crippen LogP contribution in [0.25, 0.3) is 0 Å². The topological polar surface area (TPSA) is 88.1 Å². The molecule has 9 heteroatoms. The SMILES string of the molecule is CC(=O)N1N=C(C)O[C@@]12[C@@H]1OC(C)(C)O[C@@H]1CO[C@]21COC(C)(C)O1. The Hall–Kier alpha value is -1.26. The number of hydrogen-bond acceptors (Lipinski definition) is 8. The van der Waals surface area contributed by atoms with Crippen molar-refractivity contribution in [2.24, 2.45) is 5.10 Å². The van der Waals surface area contributed by atoms with Gasteiger partial charge in [0.25, 0.3) is 11.5 Å². The van der Waals surface area contributed by atoms with Gasteiger partial charge in [-0.15, -0.1) is 5.10 Å². The van der Waals surface area contributed by atoms with Crippen LogP contribution in [0.3, 0.4) is 0 Å². The Labute approximate surface area is 146 Å². The van der Waals surface area contributed by atoms with Crippen LogP contribution < -0.4 is 0 Å². The van der Waals surface area contributed by atoms with Crippen molar-refractivity contribution in [3.8, 4) is 0 Å². The van der Waals surface area contributed by atoms with Gasteiger partial charge in [-0.2, -0.15) is 5.01 Å². The average molecular weight is 356 g/mol. The molecule has 4 aliphatic rings. The van der Waals surface area contributed by atoms with Crippen LogP contribution in [0.15, 0.2) is 5.10 Å². The number of rotatable bonds is 0. The van der Waals surface area contributed by atoms with Crippen LogP contribution in [0, 0.1) is 0 Å². The average Bonchev–Trinajstić information content (AvgIpc) is 3.08. The van der Waals surface area contributed by atoms with E-state index in [1.165, 1.54) is 11.9 Å². The maximum absolute atomic E-state index is 12.4.